The third-order valence-corrected chi connectivity index (χ3v) is 8.21. The largest absolute Gasteiger partial charge is 0.448 e. The van der Waals surface area contributed by atoms with Gasteiger partial charge in [-0.3, -0.25) is 0 Å². The Morgan fingerprint density at radius 1 is 0.892 bits per heavy atom. The van der Waals surface area contributed by atoms with E-state index < -0.39 is 17.3 Å². The van der Waals surface area contributed by atoms with Gasteiger partial charge in [0.2, 0.25) is 0 Å². The molecule has 2 heterocycles. The predicted molar refractivity (Wildman–Crippen MR) is 133 cm³/mol. The molecule has 7 heteroatoms. The third kappa shape index (κ3) is 4.39. The number of benzene rings is 3. The lowest BCUT2D eigenvalue weighted by Crippen LogP contribution is -2.54. The summed E-state index contributed by atoms with van der Waals surface area (Å²) in [5.41, 5.74) is 3.55. The fourth-order valence-corrected chi connectivity index (χ4v) is 6.63. The number of piperidine rings is 1. The van der Waals surface area contributed by atoms with Crippen LogP contribution in [0.5, 0.6) is 0 Å². The highest BCUT2D eigenvalue weighted by atomic mass is 19.4. The maximum absolute atomic E-state index is 13.3. The Labute approximate surface area is 213 Å². The maximum Gasteiger partial charge on any atom is 0.416 e. The van der Waals surface area contributed by atoms with E-state index in [-0.39, 0.29) is 37.1 Å². The zero-order chi connectivity index (χ0) is 25.8. The van der Waals surface area contributed by atoms with Gasteiger partial charge in [-0.15, -0.1) is 0 Å². The van der Waals surface area contributed by atoms with E-state index in [9.17, 15) is 23.1 Å². The fourth-order valence-electron chi connectivity index (χ4n) is 6.63. The smallest absolute Gasteiger partial charge is 0.416 e. The molecule has 2 aliphatic heterocycles. The lowest BCUT2D eigenvalue weighted by atomic mass is 9.81. The summed E-state index contributed by atoms with van der Waals surface area (Å²) in [6.07, 6.45) is -2.15. The molecule has 0 spiro atoms. The number of hydrogen-bond donors (Lipinski definition) is 1. The Morgan fingerprint density at radius 2 is 1.43 bits per heavy atom. The molecule has 0 radical (unpaired) electrons. The molecule has 2 unspecified atom stereocenters. The second kappa shape index (κ2) is 8.91. The molecular formula is C30H28F3NO3. The Kier molecular flexibility index (Phi) is 5.79. The number of alkyl halides is 3. The Hall–Kier alpha value is -3.32. The van der Waals surface area contributed by atoms with Crippen LogP contribution in [0, 0.1) is 0 Å². The summed E-state index contributed by atoms with van der Waals surface area (Å²) in [5, 5.41) is 11.4. The molecule has 37 heavy (non-hydrogen) atoms. The van der Waals surface area contributed by atoms with Crippen molar-refractivity contribution in [3.05, 3.63) is 95.1 Å². The van der Waals surface area contributed by atoms with Crippen LogP contribution in [0.3, 0.4) is 0 Å². The van der Waals surface area contributed by atoms with Crippen molar-refractivity contribution in [2.24, 2.45) is 0 Å². The predicted octanol–water partition coefficient (Wildman–Crippen LogP) is 6.55. The van der Waals surface area contributed by atoms with Crippen molar-refractivity contribution in [1.82, 2.24) is 4.90 Å². The number of halogens is 3. The molecule has 1 N–H and O–H groups in total. The van der Waals surface area contributed by atoms with Crippen LogP contribution in [-0.4, -0.2) is 40.4 Å². The van der Waals surface area contributed by atoms with E-state index in [1.54, 1.807) is 4.90 Å². The van der Waals surface area contributed by atoms with Crippen LogP contribution in [0.2, 0.25) is 0 Å². The van der Waals surface area contributed by atoms with Crippen LogP contribution in [0.4, 0.5) is 18.0 Å². The quantitative estimate of drug-likeness (QED) is 0.435. The monoisotopic (exact) mass is 507 g/mol. The number of fused-ring (bicyclic) bond motifs is 5. The molecule has 2 atom stereocenters. The number of aliphatic hydroxyl groups is 1. The summed E-state index contributed by atoms with van der Waals surface area (Å²) in [5.74, 6) is -0.0182. The second-order valence-corrected chi connectivity index (χ2v) is 10.6. The molecule has 192 valence electrons. The standard InChI is InChI=1S/C30H28F3NO3/c31-30(32,33)20-11-9-19(10-12-20)15-29(36)16-21-13-14-22(17-29)34(21)28(35)37-18-27-25-7-3-1-5-23(25)24-6-2-4-8-26(24)27/h1-12,21-22,27,36H,13-18H2. The van der Waals surface area contributed by atoms with Crippen LogP contribution in [0.1, 0.15) is 53.9 Å². The zero-order valence-corrected chi connectivity index (χ0v) is 20.2. The van der Waals surface area contributed by atoms with Gasteiger partial charge in [-0.05, 0) is 65.6 Å². The van der Waals surface area contributed by atoms with Gasteiger partial charge in [0.15, 0.2) is 0 Å². The topological polar surface area (TPSA) is 49.8 Å². The zero-order valence-electron chi connectivity index (χ0n) is 20.2. The Morgan fingerprint density at radius 3 is 1.97 bits per heavy atom. The molecule has 3 aliphatic rings. The Balaban J connectivity index is 1.12. The summed E-state index contributed by atoms with van der Waals surface area (Å²) in [4.78, 5) is 15.0. The van der Waals surface area contributed by atoms with E-state index in [1.807, 2.05) is 24.3 Å². The molecule has 4 nitrogen and oxygen atoms in total. The van der Waals surface area contributed by atoms with Crippen molar-refractivity contribution >= 4 is 6.09 Å². The van der Waals surface area contributed by atoms with Gasteiger partial charge in [0, 0.05) is 24.4 Å². The van der Waals surface area contributed by atoms with Crippen molar-refractivity contribution in [3.63, 3.8) is 0 Å². The average molecular weight is 508 g/mol. The van der Waals surface area contributed by atoms with Gasteiger partial charge in [-0.1, -0.05) is 60.7 Å². The van der Waals surface area contributed by atoms with Gasteiger partial charge in [0.1, 0.15) is 6.61 Å². The summed E-state index contributed by atoms with van der Waals surface area (Å²) >= 11 is 0. The number of ether oxygens (including phenoxy) is 1. The van der Waals surface area contributed by atoms with Crippen LogP contribution >= 0.6 is 0 Å². The minimum atomic E-state index is -4.39. The molecule has 2 bridgehead atoms. The van der Waals surface area contributed by atoms with E-state index in [0.29, 0.717) is 18.4 Å². The van der Waals surface area contributed by atoms with Crippen molar-refractivity contribution in [2.75, 3.05) is 6.61 Å². The van der Waals surface area contributed by atoms with Crippen LogP contribution < -0.4 is 0 Å². The molecule has 0 saturated carbocycles. The van der Waals surface area contributed by atoms with Gasteiger partial charge in [0.25, 0.3) is 0 Å². The first-order valence-electron chi connectivity index (χ1n) is 12.7. The number of amides is 1. The van der Waals surface area contributed by atoms with Gasteiger partial charge in [-0.2, -0.15) is 13.2 Å². The van der Waals surface area contributed by atoms with Gasteiger partial charge in [-0.25, -0.2) is 4.79 Å². The lowest BCUT2D eigenvalue weighted by Gasteiger charge is -2.43. The first kappa shape index (κ1) is 24.0. The highest BCUT2D eigenvalue weighted by molar-refractivity contribution is 5.79. The first-order chi connectivity index (χ1) is 17.7. The highest BCUT2D eigenvalue weighted by Gasteiger charge is 2.50. The van der Waals surface area contributed by atoms with Crippen molar-refractivity contribution in [3.8, 4) is 11.1 Å². The van der Waals surface area contributed by atoms with Crippen molar-refractivity contribution < 1.29 is 27.8 Å². The molecule has 3 aromatic rings. The van der Waals surface area contributed by atoms with Crippen LogP contribution in [0.15, 0.2) is 72.8 Å². The van der Waals surface area contributed by atoms with E-state index in [4.69, 9.17) is 4.74 Å². The summed E-state index contributed by atoms with van der Waals surface area (Å²) in [6, 6.07) is 21.1. The third-order valence-electron chi connectivity index (χ3n) is 8.21. The Bertz CT molecular complexity index is 1260. The summed E-state index contributed by atoms with van der Waals surface area (Å²) in [6.45, 7) is 0.249. The van der Waals surface area contributed by atoms with E-state index in [2.05, 4.69) is 24.3 Å². The number of hydrogen-bond acceptors (Lipinski definition) is 3. The van der Waals surface area contributed by atoms with E-state index >= 15 is 0 Å². The fraction of sp³-hybridized carbons (Fsp3) is 0.367. The average Bonchev–Trinajstić information content (AvgIpc) is 3.34. The SMILES string of the molecule is O=C(OCC1c2ccccc2-c2ccccc21)N1C2CCC1CC(O)(Cc1ccc(C(F)(F)F)cc1)C2. The maximum atomic E-state index is 13.3. The molecular weight excluding hydrogens is 479 g/mol. The highest BCUT2D eigenvalue weighted by Crippen LogP contribution is 2.46. The molecule has 0 aromatic heterocycles. The number of rotatable bonds is 4. The summed E-state index contributed by atoms with van der Waals surface area (Å²) in [7, 11) is 0. The van der Waals surface area contributed by atoms with Crippen molar-refractivity contribution in [1.29, 1.82) is 0 Å². The minimum Gasteiger partial charge on any atom is -0.448 e. The number of carbonyl (C=O) groups excluding carboxylic acids is 1. The second-order valence-electron chi connectivity index (χ2n) is 10.6. The van der Waals surface area contributed by atoms with Crippen LogP contribution in [0.25, 0.3) is 11.1 Å². The van der Waals surface area contributed by atoms with E-state index in [0.717, 1.165) is 36.1 Å². The number of carbonyl (C=O) groups is 1. The number of nitrogens with zero attached hydrogens (tertiary/aromatic N) is 1. The summed E-state index contributed by atoms with van der Waals surface area (Å²) < 4.78 is 44.6. The minimum absolute atomic E-state index is 0.0182. The molecule has 2 fully saturated rings. The van der Waals surface area contributed by atoms with Crippen molar-refractivity contribution in [2.45, 2.75) is 61.9 Å². The molecule has 1 aliphatic carbocycles. The normalized spacial score (nSPS) is 24.6. The molecule has 3 aromatic carbocycles. The van der Waals surface area contributed by atoms with Gasteiger partial charge >= 0.3 is 12.3 Å². The van der Waals surface area contributed by atoms with Gasteiger partial charge in [0.05, 0.1) is 11.2 Å². The molecule has 1 amide bonds. The lowest BCUT2D eigenvalue weighted by molar-refractivity contribution is -0.137. The molecule has 2 saturated heterocycles. The van der Waals surface area contributed by atoms with Gasteiger partial charge < -0.3 is 14.7 Å². The molecule has 6 rings (SSSR count). The first-order valence-corrected chi connectivity index (χ1v) is 12.7. The van der Waals surface area contributed by atoms with E-state index in [1.165, 1.54) is 23.3 Å². The van der Waals surface area contributed by atoms with Crippen LogP contribution in [-0.2, 0) is 17.3 Å².